The zero-order valence-electron chi connectivity index (χ0n) is 18.5. The third-order valence-corrected chi connectivity index (χ3v) is 6.86. The number of unbranched alkanes of at least 4 members (excludes halogenated alkanes) is 2. The van der Waals surface area contributed by atoms with Crippen molar-refractivity contribution in [3.05, 3.63) is 0 Å². The molecule has 6 atom stereocenters. The minimum atomic E-state index is -2.33. The topological polar surface area (TPSA) is 127 Å². The molecule has 0 bridgehead atoms. The average Bonchev–Trinajstić information content (AvgIpc) is 2.71. The molecule has 0 heterocycles. The molecule has 8 nitrogen and oxygen atoms in total. The van der Waals surface area contributed by atoms with E-state index in [4.69, 9.17) is 9.47 Å². The third-order valence-electron chi connectivity index (χ3n) is 5.10. The second-order valence-electron chi connectivity index (χ2n) is 7.39. The fourth-order valence-electron chi connectivity index (χ4n) is 3.18. The standard InChI is InChI=1S/C20H38O8S2/c1-5-9-11-15(7-3)19(29(23)24)27-17(21)13-14-18(22)28-20(30(25)26)16(8-4)12-10-6-2/h15-16,19-20H,5-14H2,1-4H3,(H,23,24)(H,25,26). The molecule has 0 aliphatic heterocycles. The van der Waals surface area contributed by atoms with Gasteiger partial charge >= 0.3 is 11.9 Å². The lowest BCUT2D eigenvalue weighted by atomic mass is 10.00. The van der Waals surface area contributed by atoms with E-state index in [2.05, 4.69) is 0 Å². The van der Waals surface area contributed by atoms with Crippen LogP contribution in [-0.4, -0.2) is 40.3 Å². The molecule has 0 aromatic heterocycles. The molecule has 178 valence electrons. The summed E-state index contributed by atoms with van der Waals surface area (Å²) in [6.45, 7) is 7.74. The smallest absolute Gasteiger partial charge is 0.307 e. The minimum Gasteiger partial charge on any atom is -0.446 e. The lowest BCUT2D eigenvalue weighted by Crippen LogP contribution is -2.32. The van der Waals surface area contributed by atoms with E-state index in [0.29, 0.717) is 25.7 Å². The molecule has 0 saturated heterocycles. The Balaban J connectivity index is 4.79. The van der Waals surface area contributed by atoms with Gasteiger partial charge in [-0.1, -0.05) is 53.4 Å². The first-order chi connectivity index (χ1) is 14.2. The number of ether oxygens (including phenoxy) is 2. The van der Waals surface area contributed by atoms with Gasteiger partial charge in [0.25, 0.3) is 0 Å². The molecular weight excluding hydrogens is 432 g/mol. The fourth-order valence-corrected chi connectivity index (χ4v) is 4.88. The lowest BCUT2D eigenvalue weighted by molar-refractivity contribution is -0.154. The first kappa shape index (κ1) is 29.2. The maximum atomic E-state index is 12.1. The Bertz CT molecular complexity index is 507. The normalized spacial score (nSPS) is 17.4. The van der Waals surface area contributed by atoms with Gasteiger partial charge in [-0.25, -0.2) is 8.42 Å². The van der Waals surface area contributed by atoms with Crippen molar-refractivity contribution in [2.45, 2.75) is 103 Å². The predicted molar refractivity (Wildman–Crippen MR) is 117 cm³/mol. The Morgan fingerprint density at radius 2 is 1.07 bits per heavy atom. The largest absolute Gasteiger partial charge is 0.446 e. The molecule has 2 N–H and O–H groups in total. The van der Waals surface area contributed by atoms with Crippen molar-refractivity contribution in [3.63, 3.8) is 0 Å². The number of rotatable bonds is 17. The van der Waals surface area contributed by atoms with Gasteiger partial charge < -0.3 is 18.6 Å². The summed E-state index contributed by atoms with van der Waals surface area (Å²) in [5, 5.41) is 0. The van der Waals surface area contributed by atoms with Crippen molar-refractivity contribution < 1.29 is 36.6 Å². The highest BCUT2D eigenvalue weighted by atomic mass is 32.2. The molecule has 0 amide bonds. The summed E-state index contributed by atoms with van der Waals surface area (Å²) in [5.74, 6) is -2.02. The summed E-state index contributed by atoms with van der Waals surface area (Å²) in [6, 6.07) is 0. The average molecular weight is 471 g/mol. The minimum absolute atomic E-state index is 0.239. The van der Waals surface area contributed by atoms with E-state index in [1.54, 1.807) is 0 Å². The van der Waals surface area contributed by atoms with E-state index >= 15 is 0 Å². The van der Waals surface area contributed by atoms with Crippen molar-refractivity contribution in [3.8, 4) is 0 Å². The molecule has 6 unspecified atom stereocenters. The Labute approximate surface area is 185 Å². The van der Waals surface area contributed by atoms with Crippen LogP contribution in [0.1, 0.15) is 91.9 Å². The predicted octanol–water partition coefficient (Wildman–Crippen LogP) is 4.38. The van der Waals surface area contributed by atoms with Gasteiger partial charge in [0.1, 0.15) is 0 Å². The highest BCUT2D eigenvalue weighted by molar-refractivity contribution is 7.80. The SMILES string of the molecule is CCCCC(CC)C(OC(=O)CCC(=O)OC(C(CC)CCCC)S(=O)O)S(=O)O. The van der Waals surface area contributed by atoms with Crippen molar-refractivity contribution in [1.29, 1.82) is 0 Å². The molecule has 0 aliphatic carbocycles. The Morgan fingerprint density at radius 1 is 0.733 bits per heavy atom. The number of carbonyl (C=O) groups is 2. The van der Waals surface area contributed by atoms with Crippen molar-refractivity contribution in [1.82, 2.24) is 0 Å². The fraction of sp³-hybridized carbons (Fsp3) is 0.900. The molecular formula is C20H38O8S2. The summed E-state index contributed by atoms with van der Waals surface area (Å²) in [7, 11) is 0. The van der Waals surface area contributed by atoms with E-state index in [1.807, 2.05) is 27.7 Å². The molecule has 0 aromatic rings. The van der Waals surface area contributed by atoms with Crippen LogP contribution in [0.4, 0.5) is 0 Å². The van der Waals surface area contributed by atoms with E-state index in [0.717, 1.165) is 25.7 Å². The van der Waals surface area contributed by atoms with Gasteiger partial charge in [0.2, 0.25) is 10.9 Å². The van der Waals surface area contributed by atoms with Crippen molar-refractivity contribution >= 4 is 34.1 Å². The highest BCUT2D eigenvalue weighted by Gasteiger charge is 2.31. The maximum absolute atomic E-state index is 12.1. The van der Waals surface area contributed by atoms with Gasteiger partial charge in [-0.2, -0.15) is 0 Å². The van der Waals surface area contributed by atoms with Crippen LogP contribution in [0.3, 0.4) is 0 Å². The van der Waals surface area contributed by atoms with Crippen LogP contribution in [-0.2, 0) is 41.2 Å². The summed E-state index contributed by atoms with van der Waals surface area (Å²) in [5.41, 5.74) is -2.28. The second kappa shape index (κ2) is 16.8. The van der Waals surface area contributed by atoms with Gasteiger partial charge in [0.05, 0.1) is 12.8 Å². The number of carbonyl (C=O) groups excluding carboxylic acids is 2. The summed E-state index contributed by atoms with van der Waals surface area (Å²) in [6.07, 6.45) is 5.41. The van der Waals surface area contributed by atoms with Crippen molar-refractivity contribution in [2.75, 3.05) is 0 Å². The first-order valence-electron chi connectivity index (χ1n) is 10.8. The molecule has 0 rings (SSSR count). The number of hydrogen-bond acceptors (Lipinski definition) is 6. The van der Waals surface area contributed by atoms with E-state index in [1.165, 1.54) is 0 Å². The quantitative estimate of drug-likeness (QED) is 0.237. The Morgan fingerprint density at radius 3 is 1.30 bits per heavy atom. The third kappa shape index (κ3) is 11.5. The van der Waals surface area contributed by atoms with E-state index in [9.17, 15) is 27.1 Å². The molecule has 0 aliphatic rings. The van der Waals surface area contributed by atoms with Crippen LogP contribution in [0.15, 0.2) is 0 Å². The lowest BCUT2D eigenvalue weighted by Gasteiger charge is -2.24. The molecule has 30 heavy (non-hydrogen) atoms. The Kier molecular flexibility index (Phi) is 16.3. The van der Waals surface area contributed by atoms with Crippen LogP contribution < -0.4 is 0 Å². The van der Waals surface area contributed by atoms with Crippen LogP contribution in [0.5, 0.6) is 0 Å². The molecule has 0 radical (unpaired) electrons. The zero-order valence-corrected chi connectivity index (χ0v) is 20.2. The van der Waals surface area contributed by atoms with E-state index in [-0.39, 0.29) is 24.7 Å². The van der Waals surface area contributed by atoms with Gasteiger partial charge in [0.15, 0.2) is 22.2 Å². The van der Waals surface area contributed by atoms with Gasteiger partial charge in [-0.3, -0.25) is 9.59 Å². The molecule has 0 saturated carbocycles. The summed E-state index contributed by atoms with van der Waals surface area (Å²) in [4.78, 5) is 24.2. The van der Waals surface area contributed by atoms with Crippen molar-refractivity contribution in [2.24, 2.45) is 11.8 Å². The molecule has 0 aromatic carbocycles. The maximum Gasteiger partial charge on any atom is 0.307 e. The monoisotopic (exact) mass is 470 g/mol. The van der Waals surface area contributed by atoms with Crippen LogP contribution in [0.25, 0.3) is 0 Å². The Hall–Kier alpha value is -0.840. The molecule has 0 spiro atoms. The van der Waals surface area contributed by atoms with Gasteiger partial charge in [-0.05, 0) is 25.7 Å². The van der Waals surface area contributed by atoms with E-state index < -0.39 is 45.0 Å². The molecule has 0 fully saturated rings. The second-order valence-corrected chi connectivity index (χ2v) is 9.42. The van der Waals surface area contributed by atoms with Crippen LogP contribution >= 0.6 is 0 Å². The number of hydrogen-bond donors (Lipinski definition) is 2. The number of esters is 2. The molecule has 10 heteroatoms. The highest BCUT2D eigenvalue weighted by Crippen LogP contribution is 2.24. The summed E-state index contributed by atoms with van der Waals surface area (Å²) >= 11 is -4.66. The van der Waals surface area contributed by atoms with Crippen LogP contribution in [0, 0.1) is 11.8 Å². The van der Waals surface area contributed by atoms with Gasteiger partial charge in [-0.15, -0.1) is 0 Å². The zero-order chi connectivity index (χ0) is 23.1. The van der Waals surface area contributed by atoms with Gasteiger partial charge in [0, 0.05) is 11.8 Å². The summed E-state index contributed by atoms with van der Waals surface area (Å²) < 4.78 is 52.7. The van der Waals surface area contributed by atoms with Crippen LogP contribution in [0.2, 0.25) is 0 Å². The first-order valence-corrected chi connectivity index (χ1v) is 13.1.